The molecule has 3 N–H and O–H groups in total. The van der Waals surface area contributed by atoms with E-state index in [0.717, 1.165) is 12.8 Å². The highest BCUT2D eigenvalue weighted by Crippen LogP contribution is 2.16. The molecule has 0 spiro atoms. The number of hydrogen-bond acceptors (Lipinski definition) is 4. The number of amides is 3. The van der Waals surface area contributed by atoms with E-state index >= 15 is 0 Å². The summed E-state index contributed by atoms with van der Waals surface area (Å²) in [7, 11) is 0. The first-order valence-electron chi connectivity index (χ1n) is 10.2. The van der Waals surface area contributed by atoms with Crippen LogP contribution in [0, 0.1) is 0 Å². The summed E-state index contributed by atoms with van der Waals surface area (Å²) in [6, 6.07) is 17.6. The van der Waals surface area contributed by atoms with Gasteiger partial charge in [0.25, 0.3) is 11.8 Å². The Labute approximate surface area is 185 Å². The normalized spacial score (nSPS) is 10.4. The highest BCUT2D eigenvalue weighted by atomic mass is 32.1. The Morgan fingerprint density at radius 3 is 2.16 bits per heavy atom. The SMILES string of the molecule is CCNC(=O)c1cccc(NC(=O)c2cccc(NC(=O)CCCc3cccs3)c2)c1. The molecule has 2 aromatic carbocycles. The quantitative estimate of drug-likeness (QED) is 0.455. The van der Waals surface area contributed by atoms with Crippen molar-refractivity contribution in [1.82, 2.24) is 5.32 Å². The maximum Gasteiger partial charge on any atom is 0.255 e. The molecule has 0 saturated carbocycles. The summed E-state index contributed by atoms with van der Waals surface area (Å²) in [6.45, 7) is 2.38. The zero-order chi connectivity index (χ0) is 22.1. The van der Waals surface area contributed by atoms with Gasteiger partial charge in [-0.2, -0.15) is 0 Å². The van der Waals surface area contributed by atoms with Crippen molar-refractivity contribution in [1.29, 1.82) is 0 Å². The predicted octanol–water partition coefficient (Wildman–Crippen LogP) is 4.71. The van der Waals surface area contributed by atoms with Gasteiger partial charge in [-0.15, -0.1) is 11.3 Å². The van der Waals surface area contributed by atoms with Gasteiger partial charge in [0, 0.05) is 40.3 Å². The first kappa shape index (κ1) is 22.2. The molecule has 6 nitrogen and oxygen atoms in total. The molecule has 0 aliphatic heterocycles. The first-order chi connectivity index (χ1) is 15.0. The lowest BCUT2D eigenvalue weighted by molar-refractivity contribution is -0.116. The van der Waals surface area contributed by atoms with Gasteiger partial charge < -0.3 is 16.0 Å². The van der Waals surface area contributed by atoms with Crippen molar-refractivity contribution in [2.75, 3.05) is 17.2 Å². The van der Waals surface area contributed by atoms with Gasteiger partial charge in [0.15, 0.2) is 0 Å². The van der Waals surface area contributed by atoms with Crippen molar-refractivity contribution in [3.63, 3.8) is 0 Å². The van der Waals surface area contributed by atoms with Gasteiger partial charge >= 0.3 is 0 Å². The fraction of sp³-hybridized carbons (Fsp3) is 0.208. The molecule has 1 heterocycles. The zero-order valence-corrected chi connectivity index (χ0v) is 18.1. The molecule has 0 saturated heterocycles. The number of carbonyl (C=O) groups is 3. The fourth-order valence-corrected chi connectivity index (χ4v) is 3.80. The molecule has 0 aliphatic carbocycles. The Hall–Kier alpha value is -3.45. The van der Waals surface area contributed by atoms with Gasteiger partial charge in [0.05, 0.1) is 0 Å². The predicted molar refractivity (Wildman–Crippen MR) is 125 cm³/mol. The van der Waals surface area contributed by atoms with Crippen LogP contribution in [0.2, 0.25) is 0 Å². The maximum absolute atomic E-state index is 12.6. The number of carbonyl (C=O) groups excluding carboxylic acids is 3. The first-order valence-corrected chi connectivity index (χ1v) is 11.0. The lowest BCUT2D eigenvalue weighted by Crippen LogP contribution is -2.22. The van der Waals surface area contributed by atoms with Crippen LogP contribution < -0.4 is 16.0 Å². The van der Waals surface area contributed by atoms with E-state index in [2.05, 4.69) is 22.0 Å². The van der Waals surface area contributed by atoms with E-state index in [-0.39, 0.29) is 17.7 Å². The average Bonchev–Trinajstić information content (AvgIpc) is 3.28. The Bertz CT molecular complexity index is 1050. The Balaban J connectivity index is 1.56. The van der Waals surface area contributed by atoms with Crippen LogP contribution in [0.5, 0.6) is 0 Å². The number of hydrogen-bond donors (Lipinski definition) is 3. The average molecular weight is 436 g/mol. The third kappa shape index (κ3) is 6.79. The van der Waals surface area contributed by atoms with E-state index in [4.69, 9.17) is 0 Å². The van der Waals surface area contributed by atoms with E-state index in [9.17, 15) is 14.4 Å². The van der Waals surface area contributed by atoms with Crippen molar-refractivity contribution < 1.29 is 14.4 Å². The van der Waals surface area contributed by atoms with Crippen LogP contribution in [-0.2, 0) is 11.2 Å². The van der Waals surface area contributed by atoms with Gasteiger partial charge in [-0.05, 0) is 67.6 Å². The van der Waals surface area contributed by atoms with E-state index in [1.54, 1.807) is 59.9 Å². The smallest absolute Gasteiger partial charge is 0.255 e. The monoisotopic (exact) mass is 435 g/mol. The van der Waals surface area contributed by atoms with Crippen molar-refractivity contribution >= 4 is 40.4 Å². The lowest BCUT2D eigenvalue weighted by Gasteiger charge is -2.10. The molecule has 0 bridgehead atoms. The largest absolute Gasteiger partial charge is 0.352 e. The minimum atomic E-state index is -0.318. The highest BCUT2D eigenvalue weighted by Gasteiger charge is 2.10. The molecule has 0 aliphatic rings. The Morgan fingerprint density at radius 2 is 1.52 bits per heavy atom. The molecule has 3 aromatic rings. The molecule has 3 amide bonds. The zero-order valence-electron chi connectivity index (χ0n) is 17.3. The summed E-state index contributed by atoms with van der Waals surface area (Å²) in [5.74, 6) is -0.590. The second-order valence-electron chi connectivity index (χ2n) is 6.96. The molecule has 0 atom stereocenters. The minimum Gasteiger partial charge on any atom is -0.352 e. The second kappa shape index (κ2) is 11.1. The van der Waals surface area contributed by atoms with Crippen molar-refractivity contribution in [2.24, 2.45) is 0 Å². The summed E-state index contributed by atoms with van der Waals surface area (Å²) in [4.78, 5) is 38.1. The number of aryl methyl sites for hydroxylation is 1. The van der Waals surface area contributed by atoms with Gasteiger partial charge in [0.1, 0.15) is 0 Å². The Kier molecular flexibility index (Phi) is 7.95. The number of anilines is 2. The van der Waals surface area contributed by atoms with Gasteiger partial charge in [0.2, 0.25) is 5.91 Å². The summed E-state index contributed by atoms with van der Waals surface area (Å²) in [5.41, 5.74) is 1.99. The standard InChI is InChI=1S/C24H25N3O3S/c1-2-25-23(29)17-7-3-10-20(15-17)27-24(30)18-8-4-9-19(16-18)26-22(28)13-5-11-21-12-6-14-31-21/h3-4,6-10,12,14-16H,2,5,11,13H2,1H3,(H,25,29)(H,26,28)(H,27,30). The maximum atomic E-state index is 12.6. The topological polar surface area (TPSA) is 87.3 Å². The number of nitrogens with one attached hydrogen (secondary N) is 3. The molecular weight excluding hydrogens is 410 g/mol. The molecule has 0 fully saturated rings. The molecule has 0 unspecified atom stereocenters. The number of benzene rings is 2. The minimum absolute atomic E-state index is 0.0799. The van der Waals surface area contributed by atoms with Crippen molar-refractivity contribution in [3.8, 4) is 0 Å². The van der Waals surface area contributed by atoms with Crippen LogP contribution in [0.15, 0.2) is 66.0 Å². The van der Waals surface area contributed by atoms with E-state index < -0.39 is 0 Å². The fourth-order valence-electron chi connectivity index (χ4n) is 3.04. The molecule has 160 valence electrons. The lowest BCUT2D eigenvalue weighted by atomic mass is 10.1. The van der Waals surface area contributed by atoms with Crippen LogP contribution in [-0.4, -0.2) is 24.3 Å². The summed E-state index contributed by atoms with van der Waals surface area (Å²) >= 11 is 1.69. The number of thiophene rings is 1. The molecule has 3 rings (SSSR count). The number of rotatable bonds is 9. The summed E-state index contributed by atoms with van der Waals surface area (Å²) in [5, 5.41) is 10.4. The van der Waals surface area contributed by atoms with E-state index in [1.165, 1.54) is 4.88 Å². The van der Waals surface area contributed by atoms with Crippen LogP contribution in [0.1, 0.15) is 45.4 Å². The summed E-state index contributed by atoms with van der Waals surface area (Å²) < 4.78 is 0. The molecule has 1 aromatic heterocycles. The van der Waals surface area contributed by atoms with Crippen molar-refractivity contribution in [3.05, 3.63) is 82.0 Å². The van der Waals surface area contributed by atoms with Gasteiger partial charge in [-0.1, -0.05) is 18.2 Å². The van der Waals surface area contributed by atoms with Crippen molar-refractivity contribution in [2.45, 2.75) is 26.2 Å². The Morgan fingerprint density at radius 1 is 0.839 bits per heavy atom. The van der Waals surface area contributed by atoms with Gasteiger partial charge in [-0.3, -0.25) is 14.4 Å². The molecule has 31 heavy (non-hydrogen) atoms. The summed E-state index contributed by atoms with van der Waals surface area (Å²) in [6.07, 6.45) is 2.07. The third-order valence-electron chi connectivity index (χ3n) is 4.54. The second-order valence-corrected chi connectivity index (χ2v) is 7.99. The van der Waals surface area contributed by atoms with Gasteiger partial charge in [-0.25, -0.2) is 0 Å². The van der Waals surface area contributed by atoms with Crippen LogP contribution in [0.3, 0.4) is 0 Å². The highest BCUT2D eigenvalue weighted by molar-refractivity contribution is 7.09. The molecule has 7 heteroatoms. The van der Waals surface area contributed by atoms with E-state index in [1.807, 2.05) is 18.4 Å². The third-order valence-corrected chi connectivity index (χ3v) is 5.47. The van der Waals surface area contributed by atoms with Crippen LogP contribution in [0.25, 0.3) is 0 Å². The van der Waals surface area contributed by atoms with Crippen LogP contribution >= 0.6 is 11.3 Å². The van der Waals surface area contributed by atoms with E-state index in [0.29, 0.717) is 35.5 Å². The molecule has 0 radical (unpaired) electrons. The molecular formula is C24H25N3O3S. The van der Waals surface area contributed by atoms with Crippen LogP contribution in [0.4, 0.5) is 11.4 Å².